The SMILES string of the molecule is [c]1cc[se]c1. The van der Waals surface area contributed by atoms with E-state index in [4.69, 9.17) is 0 Å². The summed E-state index contributed by atoms with van der Waals surface area (Å²) < 4.78 is 0. The van der Waals surface area contributed by atoms with Crippen molar-refractivity contribution >= 4 is 14.5 Å². The third kappa shape index (κ3) is 0.640. The van der Waals surface area contributed by atoms with Crippen LogP contribution >= 0.6 is 0 Å². The zero-order valence-corrected chi connectivity index (χ0v) is 4.35. The van der Waals surface area contributed by atoms with Gasteiger partial charge in [-0.3, -0.25) is 0 Å². The van der Waals surface area contributed by atoms with Crippen LogP contribution in [0.4, 0.5) is 0 Å². The van der Waals surface area contributed by atoms with Gasteiger partial charge >= 0.3 is 36.5 Å². The van der Waals surface area contributed by atoms with Gasteiger partial charge in [0, 0.05) is 0 Å². The van der Waals surface area contributed by atoms with Gasteiger partial charge in [0.05, 0.1) is 0 Å². The molecule has 0 nitrogen and oxygen atoms in total. The molecule has 0 fully saturated rings. The molecule has 1 radical (unpaired) electrons. The van der Waals surface area contributed by atoms with Crippen molar-refractivity contribution in [1.82, 2.24) is 0 Å². The Kier molecular flexibility index (Phi) is 0.921. The van der Waals surface area contributed by atoms with Gasteiger partial charge in [0.15, 0.2) is 0 Å². The molecule has 0 atom stereocenters. The fourth-order valence-electron chi connectivity index (χ4n) is 0.196. The molecule has 0 aliphatic carbocycles. The quantitative estimate of drug-likeness (QED) is 0.449. The molecule has 0 aliphatic rings. The Hall–Kier alpha value is -0.000519. The molecule has 1 aromatic rings. The van der Waals surface area contributed by atoms with E-state index in [1.165, 1.54) is 0 Å². The van der Waals surface area contributed by atoms with Crippen LogP contribution in [0.5, 0.6) is 0 Å². The first-order valence-corrected chi connectivity index (χ1v) is 3.36. The number of hydrogen-bond donors (Lipinski definition) is 0. The fraction of sp³-hybridized carbons (Fsp3) is 0. The van der Waals surface area contributed by atoms with Crippen molar-refractivity contribution in [2.75, 3.05) is 0 Å². The molecule has 25 valence electrons. The molecule has 1 heteroatoms. The minimum absolute atomic E-state index is 0.653. The van der Waals surface area contributed by atoms with E-state index in [1.54, 1.807) is 0 Å². The first-order valence-electron chi connectivity index (χ1n) is 1.38. The molecular formula is C4H3Se. The first kappa shape index (κ1) is 3.20. The van der Waals surface area contributed by atoms with Gasteiger partial charge in [0.1, 0.15) is 0 Å². The van der Waals surface area contributed by atoms with Crippen LogP contribution in [-0.2, 0) is 0 Å². The Morgan fingerprint density at radius 1 is 1.60 bits per heavy atom. The maximum absolute atomic E-state index is 2.94. The summed E-state index contributed by atoms with van der Waals surface area (Å²) >= 11 is 0.653. The minimum atomic E-state index is 0.653. The second kappa shape index (κ2) is 1.44. The fourth-order valence-corrected chi connectivity index (χ4v) is 1.02. The van der Waals surface area contributed by atoms with Crippen molar-refractivity contribution in [3.8, 4) is 0 Å². The maximum atomic E-state index is 2.94. The third-order valence-electron chi connectivity index (χ3n) is 0.379. The van der Waals surface area contributed by atoms with E-state index in [2.05, 4.69) is 15.9 Å². The summed E-state index contributed by atoms with van der Waals surface area (Å²) in [6.45, 7) is 0. The van der Waals surface area contributed by atoms with E-state index in [1.807, 2.05) is 6.07 Å². The van der Waals surface area contributed by atoms with Crippen molar-refractivity contribution in [2.45, 2.75) is 0 Å². The van der Waals surface area contributed by atoms with Gasteiger partial charge in [-0.05, 0) is 0 Å². The van der Waals surface area contributed by atoms with E-state index in [0.29, 0.717) is 14.5 Å². The normalized spacial score (nSPS) is 8.00. The molecule has 0 amide bonds. The second-order valence-electron chi connectivity index (χ2n) is 0.723. The molecule has 1 rings (SSSR count). The first-order chi connectivity index (χ1) is 2.50. The van der Waals surface area contributed by atoms with Crippen LogP contribution in [0, 0.1) is 6.07 Å². The van der Waals surface area contributed by atoms with Gasteiger partial charge in [-0.25, -0.2) is 0 Å². The predicted molar refractivity (Wildman–Crippen MR) is 22.2 cm³/mol. The van der Waals surface area contributed by atoms with Crippen molar-refractivity contribution in [1.29, 1.82) is 0 Å². The monoisotopic (exact) mass is 131 g/mol. The number of hydrogen-bond acceptors (Lipinski definition) is 0. The molecule has 5 heavy (non-hydrogen) atoms. The zero-order chi connectivity index (χ0) is 3.54. The molecule has 0 saturated heterocycles. The van der Waals surface area contributed by atoms with E-state index < -0.39 is 0 Å². The molecule has 1 heterocycles. The molecule has 0 N–H and O–H groups in total. The Bertz CT molecular complexity index is 60.1. The van der Waals surface area contributed by atoms with Crippen LogP contribution in [0.2, 0.25) is 0 Å². The average Bonchev–Trinajstić information content (AvgIpc) is 1.76. The molecule has 0 saturated carbocycles. The van der Waals surface area contributed by atoms with E-state index in [-0.39, 0.29) is 0 Å². The molecule has 0 unspecified atom stereocenters. The summed E-state index contributed by atoms with van der Waals surface area (Å²) in [4.78, 5) is 4.19. The summed E-state index contributed by atoms with van der Waals surface area (Å²) in [6.07, 6.45) is 0. The van der Waals surface area contributed by atoms with Crippen LogP contribution in [0.25, 0.3) is 0 Å². The molecule has 1 aromatic heterocycles. The van der Waals surface area contributed by atoms with Gasteiger partial charge in [-0.15, -0.1) is 0 Å². The molecule has 0 aromatic carbocycles. The van der Waals surface area contributed by atoms with Crippen LogP contribution in [-0.4, -0.2) is 14.5 Å². The average molecular weight is 130 g/mol. The van der Waals surface area contributed by atoms with Crippen LogP contribution in [0.15, 0.2) is 15.9 Å². The Labute approximate surface area is 37.2 Å². The van der Waals surface area contributed by atoms with Crippen molar-refractivity contribution < 1.29 is 0 Å². The van der Waals surface area contributed by atoms with Gasteiger partial charge < -0.3 is 0 Å². The summed E-state index contributed by atoms with van der Waals surface area (Å²) in [5.41, 5.74) is 0. The predicted octanol–water partition coefficient (Wildman–Crippen LogP) is 0.544. The van der Waals surface area contributed by atoms with Crippen molar-refractivity contribution in [3.05, 3.63) is 22.0 Å². The summed E-state index contributed by atoms with van der Waals surface area (Å²) in [7, 11) is 0. The van der Waals surface area contributed by atoms with Gasteiger partial charge in [0.2, 0.25) is 0 Å². The molecule has 0 spiro atoms. The second-order valence-corrected chi connectivity index (χ2v) is 2.36. The van der Waals surface area contributed by atoms with Crippen LogP contribution in [0.3, 0.4) is 0 Å². The summed E-state index contributed by atoms with van der Waals surface area (Å²) in [5, 5.41) is 0. The van der Waals surface area contributed by atoms with Gasteiger partial charge in [-0.1, -0.05) is 0 Å². The summed E-state index contributed by atoms with van der Waals surface area (Å²) in [5.74, 6) is 0. The molecule has 0 aliphatic heterocycles. The zero-order valence-electron chi connectivity index (χ0n) is 2.64. The van der Waals surface area contributed by atoms with Crippen LogP contribution < -0.4 is 0 Å². The van der Waals surface area contributed by atoms with E-state index in [9.17, 15) is 0 Å². The van der Waals surface area contributed by atoms with Crippen LogP contribution in [0.1, 0.15) is 0 Å². The standard InChI is InChI=1S/C4H3Se/c1-2-4-5-3-1/h1,3-4H. The Balaban J connectivity index is 3.13. The third-order valence-corrected chi connectivity index (χ3v) is 1.57. The molecular weight excluding hydrogens is 127 g/mol. The Morgan fingerprint density at radius 2 is 2.60 bits per heavy atom. The molecule has 0 bridgehead atoms. The van der Waals surface area contributed by atoms with Gasteiger partial charge in [-0.2, -0.15) is 0 Å². The van der Waals surface area contributed by atoms with Crippen molar-refractivity contribution in [2.24, 2.45) is 0 Å². The van der Waals surface area contributed by atoms with E-state index in [0.717, 1.165) is 0 Å². The van der Waals surface area contributed by atoms with Gasteiger partial charge in [0.25, 0.3) is 0 Å². The topological polar surface area (TPSA) is 0 Å². The summed E-state index contributed by atoms with van der Waals surface area (Å²) in [6, 6.07) is 4.90. The van der Waals surface area contributed by atoms with Crippen molar-refractivity contribution in [3.63, 3.8) is 0 Å². The van der Waals surface area contributed by atoms with E-state index >= 15 is 0 Å². The number of rotatable bonds is 0. The Morgan fingerprint density at radius 3 is 2.80 bits per heavy atom.